The topological polar surface area (TPSA) is 106 Å². The van der Waals surface area contributed by atoms with Crippen molar-refractivity contribution in [2.45, 2.75) is 13.3 Å². The van der Waals surface area contributed by atoms with Crippen molar-refractivity contribution in [3.63, 3.8) is 0 Å². The Bertz CT molecular complexity index is 864. The third kappa shape index (κ3) is 2.89. The molecule has 3 heterocycles. The van der Waals surface area contributed by atoms with Crippen molar-refractivity contribution >= 4 is 28.8 Å². The molecule has 0 bridgehead atoms. The number of hydrazine groups is 1. The first-order valence-electron chi connectivity index (χ1n) is 7.17. The number of anilines is 2. The summed E-state index contributed by atoms with van der Waals surface area (Å²) >= 11 is 0. The number of nitrogen functional groups attached to an aromatic ring is 1. The minimum atomic E-state index is 0.408. The van der Waals surface area contributed by atoms with Gasteiger partial charge in [0.25, 0.3) is 0 Å². The fourth-order valence-corrected chi connectivity index (χ4v) is 2.45. The van der Waals surface area contributed by atoms with Crippen LogP contribution in [-0.2, 0) is 11.2 Å². The van der Waals surface area contributed by atoms with Crippen LogP contribution in [0.25, 0.3) is 22.0 Å². The van der Waals surface area contributed by atoms with Gasteiger partial charge in [0, 0.05) is 29.5 Å². The van der Waals surface area contributed by atoms with E-state index in [9.17, 15) is 4.79 Å². The molecule has 0 aliphatic carbocycles. The van der Waals surface area contributed by atoms with Crippen molar-refractivity contribution < 1.29 is 4.79 Å². The van der Waals surface area contributed by atoms with Crippen molar-refractivity contribution in [1.82, 2.24) is 20.4 Å². The third-order valence-electron chi connectivity index (χ3n) is 3.57. The van der Waals surface area contributed by atoms with Crippen LogP contribution in [0.15, 0.2) is 36.8 Å². The molecule has 3 aromatic heterocycles. The van der Waals surface area contributed by atoms with Crippen LogP contribution >= 0.6 is 0 Å². The van der Waals surface area contributed by atoms with E-state index in [0.29, 0.717) is 18.0 Å². The maximum atomic E-state index is 10.4. The van der Waals surface area contributed by atoms with E-state index in [0.717, 1.165) is 34.0 Å². The van der Waals surface area contributed by atoms with E-state index in [1.807, 2.05) is 12.1 Å². The molecule has 3 aromatic rings. The predicted molar refractivity (Wildman–Crippen MR) is 89.4 cm³/mol. The first-order valence-corrected chi connectivity index (χ1v) is 7.17. The molecule has 7 heteroatoms. The summed E-state index contributed by atoms with van der Waals surface area (Å²) in [5, 5.41) is 1.64. The van der Waals surface area contributed by atoms with Gasteiger partial charge in [0.05, 0.1) is 5.69 Å². The average Bonchev–Trinajstić information content (AvgIpc) is 2.59. The summed E-state index contributed by atoms with van der Waals surface area (Å²) in [6.45, 7) is 2.08. The third-order valence-corrected chi connectivity index (χ3v) is 3.57. The smallest absolute Gasteiger partial charge is 0.225 e. The van der Waals surface area contributed by atoms with Crippen LogP contribution in [0.3, 0.4) is 0 Å². The Morgan fingerprint density at radius 1 is 1.30 bits per heavy atom. The van der Waals surface area contributed by atoms with Crippen molar-refractivity contribution in [1.29, 1.82) is 0 Å². The Hall–Kier alpha value is -3.22. The zero-order valence-corrected chi connectivity index (χ0v) is 12.6. The molecule has 0 radical (unpaired) electrons. The highest BCUT2D eigenvalue weighted by Gasteiger charge is 2.10. The van der Waals surface area contributed by atoms with E-state index in [1.54, 1.807) is 24.7 Å². The lowest BCUT2D eigenvalue weighted by atomic mass is 10.0. The van der Waals surface area contributed by atoms with Gasteiger partial charge in [-0.15, -0.1) is 0 Å². The highest BCUT2D eigenvalue weighted by atomic mass is 16.1. The molecule has 4 N–H and O–H groups in total. The highest BCUT2D eigenvalue weighted by molar-refractivity contribution is 5.94. The maximum absolute atomic E-state index is 10.4. The Kier molecular flexibility index (Phi) is 4.01. The first-order chi connectivity index (χ1) is 11.2. The lowest BCUT2D eigenvalue weighted by molar-refractivity contribution is -0.109. The molecule has 0 atom stereocenters. The fourth-order valence-electron chi connectivity index (χ4n) is 2.45. The van der Waals surface area contributed by atoms with Gasteiger partial charge in [0.15, 0.2) is 0 Å². The van der Waals surface area contributed by atoms with Crippen LogP contribution < -0.4 is 16.6 Å². The molecule has 7 nitrogen and oxygen atoms in total. The second-order valence-corrected chi connectivity index (χ2v) is 4.96. The van der Waals surface area contributed by atoms with E-state index in [-0.39, 0.29) is 0 Å². The minimum Gasteiger partial charge on any atom is -0.383 e. The Morgan fingerprint density at radius 2 is 2.17 bits per heavy atom. The normalized spacial score (nSPS) is 10.5. The number of hydrogen-bond acceptors (Lipinski definition) is 6. The van der Waals surface area contributed by atoms with Gasteiger partial charge in [-0.25, -0.2) is 9.97 Å². The number of nitrogens with zero attached hydrogens (tertiary/aromatic N) is 3. The second kappa shape index (κ2) is 6.27. The molecule has 0 aromatic carbocycles. The summed E-state index contributed by atoms with van der Waals surface area (Å²) < 4.78 is 0. The molecule has 1 amide bonds. The number of aryl methyl sites for hydroxylation is 1. The minimum absolute atomic E-state index is 0.408. The lowest BCUT2D eigenvalue weighted by Gasteiger charge is -2.10. The molecule has 3 rings (SSSR count). The number of rotatable bonds is 5. The van der Waals surface area contributed by atoms with E-state index in [4.69, 9.17) is 5.73 Å². The number of aromatic nitrogens is 3. The summed E-state index contributed by atoms with van der Waals surface area (Å²) in [5.74, 6) is 0.925. The largest absolute Gasteiger partial charge is 0.383 e. The SMILES string of the molecule is CCc1ccncc1-c1cc2cc(NNC=O)ncc2c(N)n1. The molecule has 0 fully saturated rings. The van der Waals surface area contributed by atoms with Gasteiger partial charge in [-0.05, 0) is 35.6 Å². The molecule has 0 saturated carbocycles. The van der Waals surface area contributed by atoms with Gasteiger partial charge in [-0.2, -0.15) is 0 Å². The molecule has 0 saturated heterocycles. The monoisotopic (exact) mass is 308 g/mol. The first kappa shape index (κ1) is 14.7. The van der Waals surface area contributed by atoms with Gasteiger partial charge in [-0.1, -0.05) is 6.92 Å². The number of nitrogens with one attached hydrogen (secondary N) is 2. The van der Waals surface area contributed by atoms with Gasteiger partial charge >= 0.3 is 0 Å². The van der Waals surface area contributed by atoms with Gasteiger partial charge in [0.2, 0.25) is 6.41 Å². The molecule has 0 aliphatic heterocycles. The van der Waals surface area contributed by atoms with Crippen molar-refractivity contribution in [3.8, 4) is 11.3 Å². The summed E-state index contributed by atoms with van der Waals surface area (Å²) in [4.78, 5) is 23.2. The number of fused-ring (bicyclic) bond motifs is 1. The zero-order valence-electron chi connectivity index (χ0n) is 12.6. The van der Waals surface area contributed by atoms with Crippen LogP contribution in [0.4, 0.5) is 11.6 Å². The van der Waals surface area contributed by atoms with Gasteiger partial charge in [0.1, 0.15) is 11.6 Å². The lowest BCUT2D eigenvalue weighted by Crippen LogP contribution is -2.19. The van der Waals surface area contributed by atoms with Crippen molar-refractivity contribution in [3.05, 3.63) is 42.4 Å². The molecule has 23 heavy (non-hydrogen) atoms. The van der Waals surface area contributed by atoms with Crippen LogP contribution in [0.1, 0.15) is 12.5 Å². The number of hydrogen-bond donors (Lipinski definition) is 3. The fraction of sp³-hybridized carbons (Fsp3) is 0.125. The summed E-state index contributed by atoms with van der Waals surface area (Å²) in [5.41, 5.74) is 14.0. The number of nitrogens with two attached hydrogens (primary N) is 1. The van der Waals surface area contributed by atoms with E-state index >= 15 is 0 Å². The molecule has 0 aliphatic rings. The van der Waals surface area contributed by atoms with Crippen LogP contribution in [0.5, 0.6) is 0 Å². The van der Waals surface area contributed by atoms with Crippen LogP contribution in [-0.4, -0.2) is 21.4 Å². The summed E-state index contributed by atoms with van der Waals surface area (Å²) in [6, 6.07) is 5.72. The number of pyridine rings is 3. The summed E-state index contributed by atoms with van der Waals surface area (Å²) in [6.07, 6.45) is 6.61. The number of amides is 1. The second-order valence-electron chi connectivity index (χ2n) is 4.96. The van der Waals surface area contributed by atoms with Gasteiger partial charge < -0.3 is 5.73 Å². The van der Waals surface area contributed by atoms with E-state index < -0.39 is 0 Å². The molecular formula is C16H16N6O. The van der Waals surface area contributed by atoms with Crippen LogP contribution in [0, 0.1) is 0 Å². The average molecular weight is 308 g/mol. The van der Waals surface area contributed by atoms with Gasteiger partial charge in [-0.3, -0.25) is 20.6 Å². The Morgan fingerprint density at radius 3 is 2.96 bits per heavy atom. The maximum Gasteiger partial charge on any atom is 0.225 e. The molecule has 116 valence electrons. The quantitative estimate of drug-likeness (QED) is 0.491. The van der Waals surface area contributed by atoms with E-state index in [2.05, 4.69) is 32.7 Å². The highest BCUT2D eigenvalue weighted by Crippen LogP contribution is 2.28. The van der Waals surface area contributed by atoms with E-state index in [1.165, 1.54) is 0 Å². The summed E-state index contributed by atoms with van der Waals surface area (Å²) in [7, 11) is 0. The number of carbonyl (C=O) groups excluding carboxylic acids is 1. The zero-order chi connectivity index (χ0) is 16.2. The van der Waals surface area contributed by atoms with Crippen molar-refractivity contribution in [2.75, 3.05) is 11.2 Å². The van der Waals surface area contributed by atoms with Crippen LogP contribution in [0.2, 0.25) is 0 Å². The predicted octanol–water partition coefficient (Wildman–Crippen LogP) is 1.91. The molecular weight excluding hydrogens is 292 g/mol. The standard InChI is InChI=1S/C16H16N6O/c1-2-10-3-4-18-7-12(10)14-5-11-6-15(22-20-9-23)19-8-13(11)16(17)21-14/h3-9H,2H2,1H3,(H2,17,21)(H,19,22)(H,20,23). The Balaban J connectivity index is 2.13. The Labute approximate surface area is 132 Å². The van der Waals surface area contributed by atoms with Crippen molar-refractivity contribution in [2.24, 2.45) is 0 Å². The molecule has 0 spiro atoms. The number of carbonyl (C=O) groups is 1. The molecule has 0 unspecified atom stereocenters.